The molecule has 1 rings (SSSR count). The molecule has 14 heavy (non-hydrogen) atoms. The van der Waals surface area contributed by atoms with Gasteiger partial charge in [-0.3, -0.25) is 4.79 Å². The maximum absolute atomic E-state index is 10.6. The molecule has 0 aliphatic carbocycles. The second-order valence-corrected chi connectivity index (χ2v) is 3.71. The van der Waals surface area contributed by atoms with E-state index in [1.54, 1.807) is 18.2 Å². The van der Waals surface area contributed by atoms with Crippen molar-refractivity contribution in [1.82, 2.24) is 0 Å². The lowest BCUT2D eigenvalue weighted by Crippen LogP contribution is -2.20. The van der Waals surface area contributed by atoms with Gasteiger partial charge in [-0.2, -0.15) is 0 Å². The molecule has 0 saturated carbocycles. The van der Waals surface area contributed by atoms with E-state index in [2.05, 4.69) is 0 Å². The number of primary amides is 1. The second-order valence-electron chi connectivity index (χ2n) is 2.92. The zero-order valence-corrected chi connectivity index (χ0v) is 8.85. The van der Waals surface area contributed by atoms with Crippen molar-refractivity contribution in [3.8, 4) is 0 Å². The molecule has 0 heterocycles. The molecule has 1 aromatic carbocycles. The third-order valence-corrected chi connectivity index (χ3v) is 2.64. The van der Waals surface area contributed by atoms with Crippen LogP contribution in [0.5, 0.6) is 0 Å². The quantitative estimate of drug-likeness (QED) is 0.836. The smallest absolute Gasteiger partial charge is 0.219 e. The molecule has 1 aromatic rings. The number of benzene rings is 1. The summed E-state index contributed by atoms with van der Waals surface area (Å²) in [5.41, 5.74) is 11.4. The molecule has 0 aliphatic rings. The molecular formula is C9H10Cl2N2O. The molecule has 0 spiro atoms. The average molecular weight is 233 g/mol. The first kappa shape index (κ1) is 11.3. The number of hydrogen-bond acceptors (Lipinski definition) is 2. The molecule has 0 saturated heterocycles. The third kappa shape index (κ3) is 2.61. The van der Waals surface area contributed by atoms with Crippen LogP contribution in [0.25, 0.3) is 0 Å². The van der Waals surface area contributed by atoms with Gasteiger partial charge in [-0.15, -0.1) is 0 Å². The van der Waals surface area contributed by atoms with Crippen LogP contribution in [-0.2, 0) is 4.79 Å². The Bertz CT molecular complexity index is 355. The van der Waals surface area contributed by atoms with E-state index < -0.39 is 11.9 Å². The topological polar surface area (TPSA) is 69.1 Å². The number of amides is 1. The molecular weight excluding hydrogens is 223 g/mol. The van der Waals surface area contributed by atoms with Gasteiger partial charge in [-0.1, -0.05) is 35.3 Å². The minimum Gasteiger partial charge on any atom is -0.370 e. The van der Waals surface area contributed by atoms with Gasteiger partial charge >= 0.3 is 0 Å². The van der Waals surface area contributed by atoms with E-state index in [0.717, 1.165) is 0 Å². The third-order valence-electron chi connectivity index (χ3n) is 1.80. The van der Waals surface area contributed by atoms with Gasteiger partial charge < -0.3 is 11.5 Å². The van der Waals surface area contributed by atoms with Crippen LogP contribution in [0, 0.1) is 0 Å². The van der Waals surface area contributed by atoms with Crippen molar-refractivity contribution in [2.45, 2.75) is 12.5 Å². The zero-order valence-electron chi connectivity index (χ0n) is 7.34. The summed E-state index contributed by atoms with van der Waals surface area (Å²) in [5, 5.41) is 0.798. The van der Waals surface area contributed by atoms with Crippen molar-refractivity contribution in [1.29, 1.82) is 0 Å². The van der Waals surface area contributed by atoms with E-state index in [4.69, 9.17) is 34.7 Å². The van der Waals surface area contributed by atoms with Crippen LogP contribution in [0.4, 0.5) is 0 Å². The largest absolute Gasteiger partial charge is 0.370 e. The molecule has 0 bridgehead atoms. The predicted octanol–water partition coefficient (Wildman–Crippen LogP) is 1.87. The maximum atomic E-state index is 10.6. The van der Waals surface area contributed by atoms with E-state index in [0.29, 0.717) is 15.6 Å². The Morgan fingerprint density at radius 1 is 1.43 bits per heavy atom. The Kier molecular flexibility index (Phi) is 3.75. The molecule has 1 amide bonds. The van der Waals surface area contributed by atoms with Gasteiger partial charge in [-0.05, 0) is 11.6 Å². The Balaban J connectivity index is 2.95. The predicted molar refractivity (Wildman–Crippen MR) is 57.2 cm³/mol. The Morgan fingerprint density at radius 2 is 2.07 bits per heavy atom. The minimum atomic E-state index is -0.501. The number of halogens is 2. The summed E-state index contributed by atoms with van der Waals surface area (Å²) in [5.74, 6) is -0.464. The van der Waals surface area contributed by atoms with Gasteiger partial charge in [0.05, 0.1) is 10.0 Å². The van der Waals surface area contributed by atoms with Gasteiger partial charge in [-0.25, -0.2) is 0 Å². The first-order valence-electron chi connectivity index (χ1n) is 4.00. The molecule has 4 N–H and O–H groups in total. The molecule has 0 radical (unpaired) electrons. The molecule has 5 heteroatoms. The Hall–Kier alpha value is -0.770. The molecule has 76 valence electrons. The van der Waals surface area contributed by atoms with Crippen LogP contribution < -0.4 is 11.5 Å². The first-order valence-corrected chi connectivity index (χ1v) is 4.75. The van der Waals surface area contributed by atoms with Crippen molar-refractivity contribution < 1.29 is 4.79 Å². The lowest BCUT2D eigenvalue weighted by atomic mass is 10.0. The Morgan fingerprint density at radius 3 is 2.64 bits per heavy atom. The fourth-order valence-electron chi connectivity index (χ4n) is 1.13. The summed E-state index contributed by atoms with van der Waals surface area (Å²) in [4.78, 5) is 10.6. The summed E-state index contributed by atoms with van der Waals surface area (Å²) in [7, 11) is 0. The molecule has 1 atom stereocenters. The van der Waals surface area contributed by atoms with Gasteiger partial charge in [0.2, 0.25) is 5.91 Å². The van der Waals surface area contributed by atoms with Crippen molar-refractivity contribution in [2.24, 2.45) is 11.5 Å². The van der Waals surface area contributed by atoms with Gasteiger partial charge in [0.1, 0.15) is 0 Å². The average Bonchev–Trinajstić information content (AvgIpc) is 2.08. The van der Waals surface area contributed by atoms with Crippen molar-refractivity contribution in [2.75, 3.05) is 0 Å². The molecule has 3 nitrogen and oxygen atoms in total. The summed E-state index contributed by atoms with van der Waals surface area (Å²) in [6, 6.07) is 4.61. The SMILES string of the molecule is NC(=O)C[C@H](N)c1cccc(Cl)c1Cl. The van der Waals surface area contributed by atoms with Gasteiger partial charge in [0.15, 0.2) is 0 Å². The lowest BCUT2D eigenvalue weighted by molar-refractivity contribution is -0.118. The highest BCUT2D eigenvalue weighted by atomic mass is 35.5. The summed E-state index contributed by atoms with van der Waals surface area (Å²) in [6.45, 7) is 0. The van der Waals surface area contributed by atoms with Crippen LogP contribution in [0.15, 0.2) is 18.2 Å². The standard InChI is InChI=1S/C9H10Cl2N2O/c10-6-3-1-2-5(9(6)11)7(12)4-8(13)14/h1-3,7H,4,12H2,(H2,13,14)/t7-/m0/s1. The van der Waals surface area contributed by atoms with Crippen molar-refractivity contribution >= 4 is 29.1 Å². The monoisotopic (exact) mass is 232 g/mol. The molecule has 0 fully saturated rings. The zero-order chi connectivity index (χ0) is 10.7. The Labute approximate surface area is 92.0 Å². The van der Waals surface area contributed by atoms with E-state index in [-0.39, 0.29) is 6.42 Å². The molecule has 0 unspecified atom stereocenters. The second kappa shape index (κ2) is 4.64. The number of carbonyl (C=O) groups is 1. The van der Waals surface area contributed by atoms with Crippen LogP contribution in [0.1, 0.15) is 18.0 Å². The van der Waals surface area contributed by atoms with Gasteiger partial charge in [0, 0.05) is 12.5 Å². The van der Waals surface area contributed by atoms with Crippen LogP contribution in [0.3, 0.4) is 0 Å². The fraction of sp³-hybridized carbons (Fsp3) is 0.222. The number of carbonyl (C=O) groups excluding carboxylic acids is 1. The highest BCUT2D eigenvalue weighted by Crippen LogP contribution is 2.29. The van der Waals surface area contributed by atoms with Crippen LogP contribution >= 0.6 is 23.2 Å². The van der Waals surface area contributed by atoms with E-state index in [1.165, 1.54) is 0 Å². The summed E-state index contributed by atoms with van der Waals surface area (Å²) in [6.07, 6.45) is 0.0556. The fourth-order valence-corrected chi connectivity index (χ4v) is 1.58. The van der Waals surface area contributed by atoms with E-state index in [1.807, 2.05) is 0 Å². The van der Waals surface area contributed by atoms with Crippen LogP contribution in [0.2, 0.25) is 10.0 Å². The summed E-state index contributed by atoms with van der Waals surface area (Å²) < 4.78 is 0. The van der Waals surface area contributed by atoms with Crippen molar-refractivity contribution in [3.63, 3.8) is 0 Å². The first-order chi connectivity index (χ1) is 6.52. The highest BCUT2D eigenvalue weighted by Gasteiger charge is 2.13. The highest BCUT2D eigenvalue weighted by molar-refractivity contribution is 6.42. The number of hydrogen-bond donors (Lipinski definition) is 2. The lowest BCUT2D eigenvalue weighted by Gasteiger charge is -2.12. The summed E-state index contributed by atoms with van der Waals surface area (Å²) >= 11 is 11.7. The number of nitrogens with two attached hydrogens (primary N) is 2. The van der Waals surface area contributed by atoms with E-state index in [9.17, 15) is 4.79 Å². The van der Waals surface area contributed by atoms with Crippen LogP contribution in [-0.4, -0.2) is 5.91 Å². The maximum Gasteiger partial charge on any atom is 0.219 e. The normalized spacial score (nSPS) is 12.5. The number of rotatable bonds is 3. The van der Waals surface area contributed by atoms with E-state index >= 15 is 0 Å². The molecule has 0 aromatic heterocycles. The minimum absolute atomic E-state index is 0.0556. The van der Waals surface area contributed by atoms with Gasteiger partial charge in [0.25, 0.3) is 0 Å². The molecule has 0 aliphatic heterocycles. The van der Waals surface area contributed by atoms with Crippen molar-refractivity contribution in [3.05, 3.63) is 33.8 Å².